The summed E-state index contributed by atoms with van der Waals surface area (Å²) < 4.78 is 6.86. The lowest BCUT2D eigenvalue weighted by molar-refractivity contribution is -0.131. The molecule has 1 spiro atoms. The van der Waals surface area contributed by atoms with Crippen molar-refractivity contribution >= 4 is 17.7 Å². The fourth-order valence-corrected chi connectivity index (χ4v) is 2.63. The number of carbonyl (C=O) groups excluding carboxylic acids is 3. The van der Waals surface area contributed by atoms with Crippen LogP contribution in [0.3, 0.4) is 0 Å². The molecule has 7 heteroatoms. The van der Waals surface area contributed by atoms with E-state index in [9.17, 15) is 14.4 Å². The minimum Gasteiger partial charge on any atom is -0.378 e. The summed E-state index contributed by atoms with van der Waals surface area (Å²) >= 11 is 0. The molecular weight excluding hydrogens is 262 g/mol. The third kappa shape index (κ3) is 1.82. The Morgan fingerprint density at radius 1 is 1.50 bits per heavy atom. The maximum atomic E-state index is 12.3. The first-order valence-electron chi connectivity index (χ1n) is 6.40. The van der Waals surface area contributed by atoms with E-state index in [0.717, 1.165) is 4.90 Å². The SMILES string of the molecule is Cn1cccc1C(=O)CN1C(=O)NC2(CCOC2)C1=O. The van der Waals surface area contributed by atoms with Crippen molar-refractivity contribution in [1.29, 1.82) is 0 Å². The minimum absolute atomic E-state index is 0.173. The molecule has 1 aromatic heterocycles. The van der Waals surface area contributed by atoms with E-state index in [4.69, 9.17) is 4.74 Å². The number of ether oxygens (including phenoxy) is 1. The summed E-state index contributed by atoms with van der Waals surface area (Å²) in [6.45, 7) is 0.363. The third-order valence-electron chi connectivity index (χ3n) is 3.80. The molecule has 3 amide bonds. The van der Waals surface area contributed by atoms with Crippen LogP contribution in [0.5, 0.6) is 0 Å². The van der Waals surface area contributed by atoms with Gasteiger partial charge in [0.1, 0.15) is 5.54 Å². The number of carbonyl (C=O) groups is 3. The van der Waals surface area contributed by atoms with Gasteiger partial charge in [-0.05, 0) is 12.1 Å². The molecule has 0 bridgehead atoms. The highest BCUT2D eigenvalue weighted by molar-refractivity contribution is 6.11. The number of ketones is 1. The topological polar surface area (TPSA) is 80.6 Å². The van der Waals surface area contributed by atoms with E-state index in [2.05, 4.69) is 5.32 Å². The van der Waals surface area contributed by atoms with Gasteiger partial charge in [-0.2, -0.15) is 0 Å². The van der Waals surface area contributed by atoms with Gasteiger partial charge in [0.2, 0.25) is 0 Å². The Bertz CT molecular complexity index is 586. The van der Waals surface area contributed by atoms with Crippen LogP contribution in [0.1, 0.15) is 16.9 Å². The quantitative estimate of drug-likeness (QED) is 0.619. The largest absolute Gasteiger partial charge is 0.378 e. The van der Waals surface area contributed by atoms with Crippen LogP contribution in [0.25, 0.3) is 0 Å². The van der Waals surface area contributed by atoms with E-state index >= 15 is 0 Å². The number of amides is 3. The van der Waals surface area contributed by atoms with Gasteiger partial charge < -0.3 is 14.6 Å². The summed E-state index contributed by atoms with van der Waals surface area (Å²) in [5, 5.41) is 2.65. The highest BCUT2D eigenvalue weighted by Gasteiger charge is 2.53. The zero-order chi connectivity index (χ0) is 14.3. The van der Waals surface area contributed by atoms with E-state index in [1.54, 1.807) is 29.9 Å². The zero-order valence-corrected chi connectivity index (χ0v) is 11.1. The molecule has 3 heterocycles. The number of hydrogen-bond donors (Lipinski definition) is 1. The zero-order valence-electron chi connectivity index (χ0n) is 11.1. The van der Waals surface area contributed by atoms with Gasteiger partial charge in [0.25, 0.3) is 5.91 Å². The summed E-state index contributed by atoms with van der Waals surface area (Å²) in [4.78, 5) is 37.4. The highest BCUT2D eigenvalue weighted by atomic mass is 16.5. The number of Topliss-reactive ketones (excluding diaryl/α,β-unsaturated/α-hetero) is 1. The Kier molecular flexibility index (Phi) is 2.86. The monoisotopic (exact) mass is 277 g/mol. The molecule has 106 valence electrons. The minimum atomic E-state index is -0.967. The van der Waals surface area contributed by atoms with Crippen LogP contribution in [0.4, 0.5) is 4.79 Å². The van der Waals surface area contributed by atoms with Crippen LogP contribution in [-0.4, -0.2) is 52.5 Å². The second kappa shape index (κ2) is 4.45. The molecule has 0 aliphatic carbocycles. The van der Waals surface area contributed by atoms with Gasteiger partial charge in [-0.15, -0.1) is 0 Å². The number of aromatic nitrogens is 1. The standard InChI is InChI=1S/C13H15N3O4/c1-15-5-2-3-9(15)10(17)7-16-11(18)13(14-12(16)19)4-6-20-8-13/h2-3,5H,4,6-8H2,1H3,(H,14,19). The van der Waals surface area contributed by atoms with Crippen LogP contribution in [0.2, 0.25) is 0 Å². The summed E-state index contributed by atoms with van der Waals surface area (Å²) in [5.41, 5.74) is -0.500. The van der Waals surface area contributed by atoms with E-state index < -0.39 is 11.6 Å². The average Bonchev–Trinajstić information content (AvgIpc) is 3.08. The number of rotatable bonds is 3. The van der Waals surface area contributed by atoms with Crippen molar-refractivity contribution < 1.29 is 19.1 Å². The summed E-state index contributed by atoms with van der Waals surface area (Å²) in [6.07, 6.45) is 2.19. The Balaban J connectivity index is 1.78. The number of imide groups is 1. The smallest absolute Gasteiger partial charge is 0.325 e. The molecule has 3 rings (SSSR count). The van der Waals surface area contributed by atoms with Crippen LogP contribution >= 0.6 is 0 Å². The molecule has 20 heavy (non-hydrogen) atoms. The van der Waals surface area contributed by atoms with E-state index in [1.807, 2.05) is 0 Å². The molecule has 0 radical (unpaired) electrons. The van der Waals surface area contributed by atoms with Crippen molar-refractivity contribution in [2.24, 2.45) is 7.05 Å². The molecule has 0 saturated carbocycles. The molecule has 7 nitrogen and oxygen atoms in total. The molecule has 1 unspecified atom stereocenters. The Hall–Kier alpha value is -2.15. The first-order chi connectivity index (χ1) is 9.53. The molecular formula is C13H15N3O4. The molecule has 1 aromatic rings. The lowest BCUT2D eigenvalue weighted by Gasteiger charge is -2.18. The van der Waals surface area contributed by atoms with Crippen molar-refractivity contribution in [2.45, 2.75) is 12.0 Å². The van der Waals surface area contributed by atoms with Crippen LogP contribution in [0, 0.1) is 0 Å². The predicted molar refractivity (Wildman–Crippen MR) is 68.2 cm³/mol. The normalized spacial score (nSPS) is 25.6. The van der Waals surface area contributed by atoms with Crippen LogP contribution < -0.4 is 5.32 Å². The first-order valence-corrected chi connectivity index (χ1v) is 6.40. The maximum absolute atomic E-state index is 12.3. The summed E-state index contributed by atoms with van der Waals surface area (Å²) in [5.74, 6) is -0.639. The van der Waals surface area contributed by atoms with Crippen molar-refractivity contribution in [2.75, 3.05) is 19.8 Å². The van der Waals surface area contributed by atoms with E-state index in [1.165, 1.54) is 0 Å². The third-order valence-corrected chi connectivity index (χ3v) is 3.80. The first kappa shape index (κ1) is 12.9. The molecule has 0 aromatic carbocycles. The molecule has 2 aliphatic heterocycles. The Labute approximate surface area is 115 Å². The highest BCUT2D eigenvalue weighted by Crippen LogP contribution is 2.26. The predicted octanol–water partition coefficient (Wildman–Crippen LogP) is -0.0813. The summed E-state index contributed by atoms with van der Waals surface area (Å²) in [7, 11) is 1.74. The average molecular weight is 277 g/mol. The van der Waals surface area contributed by atoms with Gasteiger partial charge in [-0.1, -0.05) is 0 Å². The van der Waals surface area contributed by atoms with Crippen LogP contribution in [-0.2, 0) is 16.6 Å². The van der Waals surface area contributed by atoms with Crippen molar-refractivity contribution in [3.8, 4) is 0 Å². The van der Waals surface area contributed by atoms with Gasteiger partial charge in [0.15, 0.2) is 5.78 Å². The Morgan fingerprint density at radius 2 is 2.30 bits per heavy atom. The molecule has 1 atom stereocenters. The van der Waals surface area contributed by atoms with Crippen molar-refractivity contribution in [1.82, 2.24) is 14.8 Å². The van der Waals surface area contributed by atoms with E-state index in [-0.39, 0.29) is 24.8 Å². The molecule has 2 aliphatic rings. The lowest BCUT2D eigenvalue weighted by Crippen LogP contribution is -2.47. The van der Waals surface area contributed by atoms with Gasteiger partial charge in [-0.25, -0.2) is 4.79 Å². The number of urea groups is 1. The number of nitrogens with one attached hydrogen (secondary N) is 1. The lowest BCUT2D eigenvalue weighted by atomic mass is 9.99. The van der Waals surface area contributed by atoms with Gasteiger partial charge in [0, 0.05) is 26.3 Å². The van der Waals surface area contributed by atoms with Gasteiger partial charge in [-0.3, -0.25) is 14.5 Å². The van der Waals surface area contributed by atoms with Gasteiger partial charge in [0.05, 0.1) is 18.8 Å². The maximum Gasteiger partial charge on any atom is 0.325 e. The number of hydrogen-bond acceptors (Lipinski definition) is 4. The van der Waals surface area contributed by atoms with Crippen molar-refractivity contribution in [3.05, 3.63) is 24.0 Å². The molecule has 2 saturated heterocycles. The molecule has 1 N–H and O–H groups in total. The number of nitrogens with zero attached hydrogens (tertiary/aromatic N) is 2. The second-order valence-electron chi connectivity index (χ2n) is 5.13. The van der Waals surface area contributed by atoms with Crippen molar-refractivity contribution in [3.63, 3.8) is 0 Å². The molecule has 2 fully saturated rings. The number of aryl methyl sites for hydroxylation is 1. The Morgan fingerprint density at radius 3 is 2.90 bits per heavy atom. The van der Waals surface area contributed by atoms with Gasteiger partial charge >= 0.3 is 6.03 Å². The summed E-state index contributed by atoms with van der Waals surface area (Å²) in [6, 6.07) is 2.88. The van der Waals surface area contributed by atoms with E-state index in [0.29, 0.717) is 18.7 Å². The second-order valence-corrected chi connectivity index (χ2v) is 5.13. The van der Waals surface area contributed by atoms with Crippen LogP contribution in [0.15, 0.2) is 18.3 Å². The fraction of sp³-hybridized carbons (Fsp3) is 0.462. The fourth-order valence-electron chi connectivity index (χ4n) is 2.63.